The standard InChI is InChI=1S/C20H20Cl2N4.H2O4S/c21-15-11-10-14(12-16(15)22)18-17(25-20(24)26-19(18)23)9-5-4-8-13-6-2-1-3-7-13;1-5(2,3)4/h1-3,6-7,10-12H,4-5,8-9H2,(H4,23,24,25,26);(H2,1,2,3,4). The molecule has 1 aromatic heterocycles. The summed E-state index contributed by atoms with van der Waals surface area (Å²) >= 11 is 12.2. The molecule has 3 rings (SSSR count). The quantitative estimate of drug-likeness (QED) is 0.294. The molecule has 0 aliphatic carbocycles. The van der Waals surface area contributed by atoms with E-state index in [9.17, 15) is 0 Å². The summed E-state index contributed by atoms with van der Waals surface area (Å²) < 4.78 is 31.6. The van der Waals surface area contributed by atoms with Gasteiger partial charge in [-0.1, -0.05) is 59.6 Å². The highest BCUT2D eigenvalue weighted by atomic mass is 35.5. The number of aromatic nitrogens is 2. The van der Waals surface area contributed by atoms with Crippen LogP contribution in [0.5, 0.6) is 0 Å². The molecular weight excluding hydrogens is 463 g/mol. The lowest BCUT2D eigenvalue weighted by Crippen LogP contribution is -2.07. The third-order valence-electron chi connectivity index (χ3n) is 4.21. The van der Waals surface area contributed by atoms with Crippen LogP contribution in [-0.4, -0.2) is 27.5 Å². The summed E-state index contributed by atoms with van der Waals surface area (Å²) in [6.45, 7) is 0. The van der Waals surface area contributed by atoms with E-state index >= 15 is 0 Å². The molecule has 6 N–H and O–H groups in total. The van der Waals surface area contributed by atoms with E-state index in [1.807, 2.05) is 12.1 Å². The Morgan fingerprint density at radius 3 is 2.10 bits per heavy atom. The van der Waals surface area contributed by atoms with Gasteiger partial charge in [0.15, 0.2) is 0 Å². The molecule has 0 aliphatic heterocycles. The number of benzene rings is 2. The highest BCUT2D eigenvalue weighted by Crippen LogP contribution is 2.33. The molecule has 0 amide bonds. The van der Waals surface area contributed by atoms with Gasteiger partial charge in [-0.05, 0) is 48.9 Å². The highest BCUT2D eigenvalue weighted by Gasteiger charge is 2.14. The number of nitrogens with two attached hydrogens (primary N) is 2. The molecule has 0 saturated carbocycles. The highest BCUT2D eigenvalue weighted by molar-refractivity contribution is 7.79. The third kappa shape index (κ3) is 8.68. The van der Waals surface area contributed by atoms with Crippen molar-refractivity contribution in [1.82, 2.24) is 9.97 Å². The average molecular weight is 485 g/mol. The van der Waals surface area contributed by atoms with E-state index in [1.165, 1.54) is 5.56 Å². The van der Waals surface area contributed by atoms with Crippen molar-refractivity contribution in [2.75, 3.05) is 11.5 Å². The number of aryl methyl sites for hydroxylation is 2. The Kier molecular flexibility index (Phi) is 9.02. The van der Waals surface area contributed by atoms with E-state index in [2.05, 4.69) is 34.2 Å². The van der Waals surface area contributed by atoms with Crippen molar-refractivity contribution in [2.24, 2.45) is 0 Å². The van der Waals surface area contributed by atoms with Gasteiger partial charge >= 0.3 is 10.4 Å². The Hall–Kier alpha value is -2.43. The Morgan fingerprint density at radius 2 is 1.48 bits per heavy atom. The summed E-state index contributed by atoms with van der Waals surface area (Å²) in [7, 11) is -4.67. The molecule has 31 heavy (non-hydrogen) atoms. The Balaban J connectivity index is 0.000000614. The molecule has 8 nitrogen and oxygen atoms in total. The Labute approximate surface area is 190 Å². The number of rotatable bonds is 6. The SMILES string of the molecule is Nc1nc(N)c(-c2ccc(Cl)c(Cl)c2)c(CCCCc2ccccc2)n1.O=S(=O)(O)O. The molecule has 1 heterocycles. The molecule has 0 spiro atoms. The van der Waals surface area contributed by atoms with Crippen molar-refractivity contribution in [3.05, 3.63) is 69.8 Å². The monoisotopic (exact) mass is 484 g/mol. The van der Waals surface area contributed by atoms with Crippen LogP contribution in [0, 0.1) is 0 Å². The number of unbranched alkanes of at least 4 members (excludes halogenated alkanes) is 1. The molecule has 0 bridgehead atoms. The second-order valence-corrected chi connectivity index (χ2v) is 8.27. The van der Waals surface area contributed by atoms with E-state index in [0.29, 0.717) is 15.9 Å². The average Bonchev–Trinajstić information content (AvgIpc) is 2.67. The van der Waals surface area contributed by atoms with Crippen molar-refractivity contribution in [2.45, 2.75) is 25.7 Å². The maximum Gasteiger partial charge on any atom is 0.394 e. The van der Waals surface area contributed by atoms with E-state index in [1.54, 1.807) is 12.1 Å². The summed E-state index contributed by atoms with van der Waals surface area (Å²) in [5, 5.41) is 0.963. The lowest BCUT2D eigenvalue weighted by Gasteiger charge is -2.13. The fraction of sp³-hybridized carbons (Fsp3) is 0.200. The van der Waals surface area contributed by atoms with Crippen LogP contribution in [0.15, 0.2) is 48.5 Å². The number of anilines is 2. The number of nitrogen functional groups attached to an aromatic ring is 2. The lowest BCUT2D eigenvalue weighted by atomic mass is 10.00. The van der Waals surface area contributed by atoms with Gasteiger partial charge in [-0.15, -0.1) is 0 Å². The fourth-order valence-electron chi connectivity index (χ4n) is 2.96. The van der Waals surface area contributed by atoms with Crippen LogP contribution in [0.2, 0.25) is 10.0 Å². The first kappa shape index (κ1) is 24.8. The topological polar surface area (TPSA) is 152 Å². The molecule has 3 aromatic rings. The Morgan fingerprint density at radius 1 is 0.871 bits per heavy atom. The molecule has 0 saturated heterocycles. The number of halogens is 2. The summed E-state index contributed by atoms with van der Waals surface area (Å²) in [5.74, 6) is 0.540. The molecular formula is C20H22Cl2N4O4S. The predicted molar refractivity (Wildman–Crippen MR) is 124 cm³/mol. The maximum atomic E-state index is 8.74. The Bertz CT molecular complexity index is 1120. The molecule has 0 unspecified atom stereocenters. The van der Waals surface area contributed by atoms with E-state index in [-0.39, 0.29) is 5.95 Å². The van der Waals surface area contributed by atoms with Crippen LogP contribution < -0.4 is 11.5 Å². The van der Waals surface area contributed by atoms with Crippen molar-refractivity contribution in [1.29, 1.82) is 0 Å². The number of hydrogen-bond acceptors (Lipinski definition) is 6. The maximum absolute atomic E-state index is 8.74. The van der Waals surface area contributed by atoms with Crippen LogP contribution in [0.1, 0.15) is 24.1 Å². The minimum atomic E-state index is -4.67. The van der Waals surface area contributed by atoms with Crippen LogP contribution >= 0.6 is 23.2 Å². The predicted octanol–water partition coefficient (Wildman–Crippen LogP) is 4.53. The molecule has 0 radical (unpaired) electrons. The van der Waals surface area contributed by atoms with Crippen molar-refractivity contribution < 1.29 is 17.5 Å². The molecule has 0 aliphatic rings. The summed E-state index contributed by atoms with van der Waals surface area (Å²) in [6, 6.07) is 15.8. The molecule has 0 atom stereocenters. The van der Waals surface area contributed by atoms with Gasteiger partial charge in [-0.25, -0.2) is 4.98 Å². The minimum Gasteiger partial charge on any atom is -0.383 e. The van der Waals surface area contributed by atoms with Gasteiger partial charge in [-0.2, -0.15) is 13.4 Å². The largest absolute Gasteiger partial charge is 0.394 e. The van der Waals surface area contributed by atoms with Crippen LogP contribution in [0.3, 0.4) is 0 Å². The van der Waals surface area contributed by atoms with Gasteiger partial charge in [0.1, 0.15) is 5.82 Å². The lowest BCUT2D eigenvalue weighted by molar-refractivity contribution is 0.381. The third-order valence-corrected chi connectivity index (χ3v) is 4.95. The normalized spacial score (nSPS) is 11.0. The first-order valence-electron chi connectivity index (χ1n) is 9.15. The van der Waals surface area contributed by atoms with Crippen LogP contribution in [0.4, 0.5) is 11.8 Å². The summed E-state index contributed by atoms with van der Waals surface area (Å²) in [4.78, 5) is 8.52. The van der Waals surface area contributed by atoms with Crippen molar-refractivity contribution >= 4 is 45.4 Å². The zero-order valence-corrected chi connectivity index (χ0v) is 18.7. The van der Waals surface area contributed by atoms with Gasteiger partial charge in [0, 0.05) is 5.56 Å². The van der Waals surface area contributed by atoms with Crippen LogP contribution in [0.25, 0.3) is 11.1 Å². The molecule has 166 valence electrons. The first-order valence-corrected chi connectivity index (χ1v) is 11.3. The molecule has 0 fully saturated rings. The molecule has 11 heteroatoms. The van der Waals surface area contributed by atoms with Gasteiger partial charge in [0.2, 0.25) is 5.95 Å². The second kappa shape index (κ2) is 11.3. The van der Waals surface area contributed by atoms with E-state index in [0.717, 1.165) is 42.5 Å². The first-order chi connectivity index (χ1) is 14.5. The fourth-order valence-corrected chi connectivity index (χ4v) is 3.26. The number of nitrogens with zero attached hydrogens (tertiary/aromatic N) is 2. The smallest absolute Gasteiger partial charge is 0.383 e. The summed E-state index contributed by atoms with van der Waals surface area (Å²) in [5.41, 5.74) is 15.7. The van der Waals surface area contributed by atoms with Gasteiger partial charge < -0.3 is 11.5 Å². The van der Waals surface area contributed by atoms with Crippen LogP contribution in [-0.2, 0) is 23.2 Å². The molecule has 2 aromatic carbocycles. The van der Waals surface area contributed by atoms with Gasteiger partial charge in [0.25, 0.3) is 0 Å². The second-order valence-electron chi connectivity index (χ2n) is 6.56. The van der Waals surface area contributed by atoms with E-state index < -0.39 is 10.4 Å². The van der Waals surface area contributed by atoms with Crippen molar-refractivity contribution in [3.8, 4) is 11.1 Å². The zero-order chi connectivity index (χ0) is 23.0. The van der Waals surface area contributed by atoms with Gasteiger partial charge in [-0.3, -0.25) is 9.11 Å². The van der Waals surface area contributed by atoms with Crippen molar-refractivity contribution in [3.63, 3.8) is 0 Å². The number of hydrogen-bond donors (Lipinski definition) is 4. The summed E-state index contributed by atoms with van der Waals surface area (Å²) in [6.07, 6.45) is 3.81. The zero-order valence-electron chi connectivity index (χ0n) is 16.4. The van der Waals surface area contributed by atoms with Gasteiger partial charge in [0.05, 0.1) is 15.7 Å². The minimum absolute atomic E-state index is 0.185. The van der Waals surface area contributed by atoms with E-state index in [4.69, 9.17) is 52.2 Å².